The number of nitrogens with one attached hydrogen (secondary N) is 1. The SMILES string of the molecule is Cc1cc(C)c(Nc2nc3cccc(N)c3n3cncc23)c(C)c1. The number of nitrogens with two attached hydrogens (primary N) is 1. The third-order valence-electron chi connectivity index (χ3n) is 4.32. The molecule has 5 nitrogen and oxygen atoms in total. The van der Waals surface area contributed by atoms with Crippen LogP contribution >= 0.6 is 0 Å². The average molecular weight is 317 g/mol. The Bertz CT molecular complexity index is 1050. The maximum atomic E-state index is 6.14. The van der Waals surface area contributed by atoms with Gasteiger partial charge in [-0.15, -0.1) is 0 Å². The number of aryl methyl sites for hydroxylation is 3. The molecule has 0 atom stereocenters. The predicted molar refractivity (Wildman–Crippen MR) is 98.8 cm³/mol. The van der Waals surface area contributed by atoms with Crippen molar-refractivity contribution in [3.05, 3.63) is 59.5 Å². The fourth-order valence-electron chi connectivity index (χ4n) is 3.32. The Hall–Kier alpha value is -3.08. The molecule has 0 aliphatic carbocycles. The van der Waals surface area contributed by atoms with Crippen LogP contribution in [0.15, 0.2) is 42.9 Å². The average Bonchev–Trinajstić information content (AvgIpc) is 3.00. The van der Waals surface area contributed by atoms with Crippen LogP contribution in [0, 0.1) is 20.8 Å². The second-order valence-corrected chi connectivity index (χ2v) is 6.22. The molecule has 0 saturated carbocycles. The zero-order valence-corrected chi connectivity index (χ0v) is 14.0. The number of nitrogen functional groups attached to an aromatic ring is 1. The summed E-state index contributed by atoms with van der Waals surface area (Å²) in [6.07, 6.45) is 3.58. The maximum Gasteiger partial charge on any atom is 0.157 e. The molecule has 2 heterocycles. The van der Waals surface area contributed by atoms with Crippen LogP contribution in [-0.4, -0.2) is 14.4 Å². The van der Waals surface area contributed by atoms with Gasteiger partial charge < -0.3 is 11.1 Å². The van der Waals surface area contributed by atoms with Gasteiger partial charge in [-0.3, -0.25) is 4.40 Å². The van der Waals surface area contributed by atoms with E-state index < -0.39 is 0 Å². The van der Waals surface area contributed by atoms with Gasteiger partial charge >= 0.3 is 0 Å². The lowest BCUT2D eigenvalue weighted by Crippen LogP contribution is -2.03. The van der Waals surface area contributed by atoms with E-state index in [-0.39, 0.29) is 0 Å². The quantitative estimate of drug-likeness (QED) is 0.545. The lowest BCUT2D eigenvalue weighted by atomic mass is 10.1. The Morgan fingerprint density at radius 3 is 2.58 bits per heavy atom. The Morgan fingerprint density at radius 2 is 1.83 bits per heavy atom. The third kappa shape index (κ3) is 2.17. The van der Waals surface area contributed by atoms with Crippen LogP contribution in [0.25, 0.3) is 16.6 Å². The minimum atomic E-state index is 0.692. The highest BCUT2D eigenvalue weighted by molar-refractivity contribution is 5.93. The highest BCUT2D eigenvalue weighted by Crippen LogP contribution is 2.30. The number of hydrogen-bond donors (Lipinski definition) is 2. The van der Waals surface area contributed by atoms with E-state index in [9.17, 15) is 0 Å². The first kappa shape index (κ1) is 14.5. The normalized spacial score (nSPS) is 11.3. The lowest BCUT2D eigenvalue weighted by molar-refractivity contribution is 1.18. The topological polar surface area (TPSA) is 68.2 Å². The first-order chi connectivity index (χ1) is 11.5. The summed E-state index contributed by atoms with van der Waals surface area (Å²) in [5, 5.41) is 3.50. The summed E-state index contributed by atoms with van der Waals surface area (Å²) < 4.78 is 1.98. The lowest BCUT2D eigenvalue weighted by Gasteiger charge is -2.15. The van der Waals surface area contributed by atoms with Crippen LogP contribution in [0.3, 0.4) is 0 Å². The molecule has 0 unspecified atom stereocenters. The van der Waals surface area contributed by atoms with Crippen molar-refractivity contribution in [2.75, 3.05) is 11.1 Å². The molecule has 4 aromatic rings. The molecule has 0 aliphatic rings. The summed E-state index contributed by atoms with van der Waals surface area (Å²) in [6.45, 7) is 6.32. The van der Waals surface area contributed by atoms with Gasteiger partial charge in [0.1, 0.15) is 5.52 Å². The number of benzene rings is 2. The summed E-state index contributed by atoms with van der Waals surface area (Å²) in [7, 11) is 0. The molecule has 2 aromatic carbocycles. The maximum absolute atomic E-state index is 6.14. The van der Waals surface area contributed by atoms with Crippen LogP contribution in [0.5, 0.6) is 0 Å². The number of hydrogen-bond acceptors (Lipinski definition) is 4. The summed E-state index contributed by atoms with van der Waals surface area (Å²) in [4.78, 5) is 9.07. The van der Waals surface area contributed by atoms with Crippen LogP contribution in [0.2, 0.25) is 0 Å². The molecule has 3 N–H and O–H groups in total. The van der Waals surface area contributed by atoms with Crippen LogP contribution in [0.1, 0.15) is 16.7 Å². The minimum absolute atomic E-state index is 0.692. The molecule has 0 amide bonds. The molecule has 0 bridgehead atoms. The monoisotopic (exact) mass is 317 g/mol. The second kappa shape index (κ2) is 5.23. The van der Waals surface area contributed by atoms with Crippen molar-refractivity contribution in [3.8, 4) is 0 Å². The largest absolute Gasteiger partial charge is 0.397 e. The number of nitrogens with zero attached hydrogens (tertiary/aromatic N) is 3. The molecule has 120 valence electrons. The smallest absolute Gasteiger partial charge is 0.157 e. The van der Waals surface area contributed by atoms with Gasteiger partial charge in [-0.25, -0.2) is 9.97 Å². The molecule has 24 heavy (non-hydrogen) atoms. The van der Waals surface area contributed by atoms with E-state index in [1.54, 1.807) is 12.5 Å². The van der Waals surface area contributed by atoms with E-state index >= 15 is 0 Å². The zero-order chi connectivity index (χ0) is 16.8. The highest BCUT2D eigenvalue weighted by atomic mass is 15.1. The molecular formula is C19H19N5. The van der Waals surface area contributed by atoms with Gasteiger partial charge in [-0.2, -0.15) is 0 Å². The van der Waals surface area contributed by atoms with Crippen LogP contribution < -0.4 is 11.1 Å². The van der Waals surface area contributed by atoms with E-state index in [2.05, 4.69) is 43.2 Å². The molecule has 0 saturated heterocycles. The van der Waals surface area contributed by atoms with Crippen molar-refractivity contribution in [1.29, 1.82) is 0 Å². The number of fused-ring (bicyclic) bond motifs is 3. The molecular weight excluding hydrogens is 298 g/mol. The van der Waals surface area contributed by atoms with Crippen molar-refractivity contribution >= 4 is 33.7 Å². The van der Waals surface area contributed by atoms with Crippen molar-refractivity contribution in [1.82, 2.24) is 14.4 Å². The molecule has 5 heteroatoms. The third-order valence-corrected chi connectivity index (χ3v) is 4.32. The van der Waals surface area contributed by atoms with Gasteiger partial charge in [0.25, 0.3) is 0 Å². The van der Waals surface area contributed by atoms with Crippen molar-refractivity contribution in [2.24, 2.45) is 0 Å². The molecule has 0 radical (unpaired) electrons. The van der Waals surface area contributed by atoms with Gasteiger partial charge in [-0.05, 0) is 44.0 Å². The van der Waals surface area contributed by atoms with E-state index in [1.165, 1.54) is 16.7 Å². The predicted octanol–water partition coefficient (Wildman–Crippen LogP) is 4.13. The minimum Gasteiger partial charge on any atom is -0.397 e. The molecule has 0 aliphatic heterocycles. The van der Waals surface area contributed by atoms with Crippen molar-refractivity contribution in [2.45, 2.75) is 20.8 Å². The fourth-order valence-corrected chi connectivity index (χ4v) is 3.32. The number of aromatic nitrogens is 3. The van der Waals surface area contributed by atoms with Gasteiger partial charge in [0.15, 0.2) is 5.82 Å². The van der Waals surface area contributed by atoms with E-state index in [0.29, 0.717) is 5.69 Å². The molecule has 0 spiro atoms. The number of anilines is 3. The number of para-hydroxylation sites is 1. The van der Waals surface area contributed by atoms with Crippen LogP contribution in [0.4, 0.5) is 17.2 Å². The van der Waals surface area contributed by atoms with Gasteiger partial charge in [0, 0.05) is 5.69 Å². The van der Waals surface area contributed by atoms with E-state index in [1.807, 2.05) is 22.6 Å². The van der Waals surface area contributed by atoms with Gasteiger partial charge in [-0.1, -0.05) is 23.8 Å². The summed E-state index contributed by atoms with van der Waals surface area (Å²) >= 11 is 0. The van der Waals surface area contributed by atoms with E-state index in [0.717, 1.165) is 28.1 Å². The Balaban J connectivity index is 1.96. The number of imidazole rings is 1. The Kier molecular flexibility index (Phi) is 3.16. The number of rotatable bonds is 2. The molecule has 2 aromatic heterocycles. The van der Waals surface area contributed by atoms with Gasteiger partial charge in [0.2, 0.25) is 0 Å². The van der Waals surface area contributed by atoms with Crippen molar-refractivity contribution < 1.29 is 0 Å². The van der Waals surface area contributed by atoms with Crippen LogP contribution in [-0.2, 0) is 0 Å². The standard InChI is InChI=1S/C19H19N5/c1-11-7-12(2)17(13(3)8-11)23-19-16-9-21-10-24(16)18-14(20)5-4-6-15(18)22-19/h4-10H,20H2,1-3H3,(H,22,23). The summed E-state index contributed by atoms with van der Waals surface area (Å²) in [6, 6.07) is 10.1. The first-order valence-corrected chi connectivity index (χ1v) is 7.90. The molecule has 4 rings (SSSR count). The highest BCUT2D eigenvalue weighted by Gasteiger charge is 2.13. The zero-order valence-electron chi connectivity index (χ0n) is 14.0. The Morgan fingerprint density at radius 1 is 1.08 bits per heavy atom. The van der Waals surface area contributed by atoms with Crippen molar-refractivity contribution in [3.63, 3.8) is 0 Å². The fraction of sp³-hybridized carbons (Fsp3) is 0.158. The van der Waals surface area contributed by atoms with Gasteiger partial charge in [0.05, 0.1) is 29.2 Å². The summed E-state index contributed by atoms with van der Waals surface area (Å²) in [5.41, 5.74) is 14.2. The summed E-state index contributed by atoms with van der Waals surface area (Å²) in [5.74, 6) is 0.778. The molecule has 0 fully saturated rings. The first-order valence-electron chi connectivity index (χ1n) is 7.90. The Labute approximate surface area is 140 Å². The second-order valence-electron chi connectivity index (χ2n) is 6.22. The van der Waals surface area contributed by atoms with E-state index in [4.69, 9.17) is 10.7 Å².